The molecule has 4 aromatic rings. The Hall–Kier alpha value is -2.87. The average Bonchev–Trinajstić information content (AvgIpc) is 3.25. The van der Waals surface area contributed by atoms with Crippen LogP contribution in [-0.2, 0) is 13.5 Å². The van der Waals surface area contributed by atoms with Crippen LogP contribution in [0.15, 0.2) is 48.5 Å². The molecule has 1 fully saturated rings. The van der Waals surface area contributed by atoms with E-state index < -0.39 is 0 Å². The normalized spacial score (nSPS) is 15.6. The molecule has 150 valence electrons. The summed E-state index contributed by atoms with van der Waals surface area (Å²) in [6.45, 7) is 4.46. The summed E-state index contributed by atoms with van der Waals surface area (Å²) in [6.07, 6.45) is 6.71. The van der Waals surface area contributed by atoms with Crippen LogP contribution in [0.1, 0.15) is 42.4 Å². The lowest BCUT2D eigenvalue weighted by atomic mass is 9.89. The fourth-order valence-electron chi connectivity index (χ4n) is 5.78. The molecule has 0 spiro atoms. The molecule has 2 nitrogen and oxygen atoms in total. The molecular weight excluding hydrogens is 366 g/mol. The molecule has 3 aromatic carbocycles. The first-order valence-electron chi connectivity index (χ1n) is 11.3. The number of nitrogens with zero attached hydrogens (tertiary/aromatic N) is 1. The van der Waals surface area contributed by atoms with Crippen molar-refractivity contribution in [2.75, 3.05) is 0 Å². The minimum atomic E-state index is 0.831. The van der Waals surface area contributed by atoms with E-state index in [1.54, 1.807) is 0 Å². The van der Waals surface area contributed by atoms with Crippen molar-refractivity contribution < 1.29 is 9.30 Å². The molecule has 2 heterocycles. The minimum absolute atomic E-state index is 0.831. The highest BCUT2D eigenvalue weighted by Crippen LogP contribution is 2.48. The number of aromatic nitrogens is 1. The number of ether oxygens (including phenoxy) is 1. The van der Waals surface area contributed by atoms with Gasteiger partial charge in [0, 0.05) is 17.5 Å². The van der Waals surface area contributed by atoms with Gasteiger partial charge in [-0.2, -0.15) is 4.57 Å². The second-order valence-electron chi connectivity index (χ2n) is 9.27. The quantitative estimate of drug-likeness (QED) is 0.296. The molecule has 6 rings (SSSR count). The largest absolute Gasteiger partial charge is 0.450 e. The SMILES string of the molecule is Cc1cc2cccc3c2c(c1C)-c1c(cc2c(CC4CCCC4)cccc2[n+]1C)O3. The summed E-state index contributed by atoms with van der Waals surface area (Å²) < 4.78 is 8.90. The molecule has 0 radical (unpaired) electrons. The third-order valence-electron chi connectivity index (χ3n) is 7.47. The van der Waals surface area contributed by atoms with E-state index in [4.69, 9.17) is 4.74 Å². The Morgan fingerprint density at radius 2 is 1.77 bits per heavy atom. The molecule has 0 unspecified atom stereocenters. The van der Waals surface area contributed by atoms with Crippen molar-refractivity contribution in [2.45, 2.75) is 46.0 Å². The topological polar surface area (TPSA) is 13.1 Å². The van der Waals surface area contributed by atoms with Gasteiger partial charge in [0.1, 0.15) is 12.8 Å². The Kier molecular flexibility index (Phi) is 3.93. The monoisotopic (exact) mass is 394 g/mol. The number of benzene rings is 3. The van der Waals surface area contributed by atoms with Gasteiger partial charge in [-0.05, 0) is 54.3 Å². The first kappa shape index (κ1) is 17.9. The van der Waals surface area contributed by atoms with Gasteiger partial charge < -0.3 is 4.74 Å². The van der Waals surface area contributed by atoms with E-state index >= 15 is 0 Å². The lowest BCUT2D eigenvalue weighted by Gasteiger charge is -2.23. The zero-order valence-electron chi connectivity index (χ0n) is 18.1. The molecule has 1 aromatic heterocycles. The third-order valence-corrected chi connectivity index (χ3v) is 7.47. The van der Waals surface area contributed by atoms with Crippen LogP contribution in [0.2, 0.25) is 0 Å². The van der Waals surface area contributed by atoms with Gasteiger partial charge in [-0.25, -0.2) is 0 Å². The van der Waals surface area contributed by atoms with E-state index in [0.717, 1.165) is 17.4 Å². The van der Waals surface area contributed by atoms with Crippen molar-refractivity contribution in [3.63, 3.8) is 0 Å². The lowest BCUT2D eigenvalue weighted by molar-refractivity contribution is -0.633. The van der Waals surface area contributed by atoms with Crippen LogP contribution in [-0.4, -0.2) is 0 Å². The fourth-order valence-corrected chi connectivity index (χ4v) is 5.78. The van der Waals surface area contributed by atoms with Gasteiger partial charge in [-0.15, -0.1) is 0 Å². The molecule has 0 atom stereocenters. The van der Waals surface area contributed by atoms with Crippen molar-refractivity contribution in [2.24, 2.45) is 13.0 Å². The smallest absolute Gasteiger partial charge is 0.256 e. The van der Waals surface area contributed by atoms with Gasteiger partial charge in [0.05, 0.1) is 10.9 Å². The second kappa shape index (κ2) is 6.57. The Morgan fingerprint density at radius 1 is 0.967 bits per heavy atom. The predicted octanol–water partition coefficient (Wildman–Crippen LogP) is 6.94. The van der Waals surface area contributed by atoms with Gasteiger partial charge >= 0.3 is 0 Å². The van der Waals surface area contributed by atoms with Gasteiger partial charge in [0.15, 0.2) is 5.75 Å². The molecule has 0 N–H and O–H groups in total. The van der Waals surface area contributed by atoms with E-state index in [2.05, 4.69) is 74.0 Å². The molecule has 0 bridgehead atoms. The highest BCUT2D eigenvalue weighted by atomic mass is 16.5. The first-order valence-corrected chi connectivity index (χ1v) is 11.3. The first-order chi connectivity index (χ1) is 14.6. The molecular formula is C28H28NO+. The Labute approximate surface area is 178 Å². The number of aryl methyl sites for hydroxylation is 2. The maximum atomic E-state index is 6.54. The highest BCUT2D eigenvalue weighted by Gasteiger charge is 2.32. The molecule has 1 saturated carbocycles. The van der Waals surface area contributed by atoms with E-state index in [9.17, 15) is 0 Å². The summed E-state index contributed by atoms with van der Waals surface area (Å²) in [5.41, 5.74) is 7.96. The van der Waals surface area contributed by atoms with E-state index in [1.165, 1.54) is 81.7 Å². The summed E-state index contributed by atoms with van der Waals surface area (Å²) in [5, 5.41) is 3.84. The van der Waals surface area contributed by atoms with E-state index in [-0.39, 0.29) is 0 Å². The zero-order valence-corrected chi connectivity index (χ0v) is 18.1. The van der Waals surface area contributed by atoms with Gasteiger partial charge in [-0.1, -0.05) is 56.0 Å². The Balaban J connectivity index is 1.64. The van der Waals surface area contributed by atoms with Crippen LogP contribution in [0.4, 0.5) is 0 Å². The van der Waals surface area contributed by atoms with Gasteiger partial charge in [-0.3, -0.25) is 0 Å². The number of hydrogen-bond acceptors (Lipinski definition) is 1. The molecule has 1 aliphatic heterocycles. The van der Waals surface area contributed by atoms with Crippen molar-refractivity contribution in [3.05, 3.63) is 65.2 Å². The van der Waals surface area contributed by atoms with Crippen LogP contribution in [0.25, 0.3) is 32.9 Å². The van der Waals surface area contributed by atoms with Crippen LogP contribution in [0, 0.1) is 19.8 Å². The van der Waals surface area contributed by atoms with Crippen LogP contribution >= 0.6 is 0 Å². The molecule has 2 heteroatoms. The van der Waals surface area contributed by atoms with E-state index in [1.807, 2.05) is 0 Å². The van der Waals surface area contributed by atoms with Crippen molar-refractivity contribution in [3.8, 4) is 22.8 Å². The van der Waals surface area contributed by atoms with Crippen LogP contribution in [0.5, 0.6) is 11.5 Å². The van der Waals surface area contributed by atoms with Crippen LogP contribution < -0.4 is 9.30 Å². The summed E-state index contributed by atoms with van der Waals surface area (Å²) in [4.78, 5) is 0. The molecule has 1 aliphatic carbocycles. The Bertz CT molecular complexity index is 1330. The number of hydrogen-bond donors (Lipinski definition) is 0. The highest BCUT2D eigenvalue weighted by molar-refractivity contribution is 6.05. The molecule has 0 amide bonds. The zero-order chi connectivity index (χ0) is 20.4. The average molecular weight is 395 g/mol. The van der Waals surface area contributed by atoms with E-state index in [0.29, 0.717) is 0 Å². The summed E-state index contributed by atoms with van der Waals surface area (Å²) in [7, 11) is 2.20. The second-order valence-corrected chi connectivity index (χ2v) is 9.27. The van der Waals surface area contributed by atoms with Crippen LogP contribution in [0.3, 0.4) is 0 Å². The molecule has 30 heavy (non-hydrogen) atoms. The number of fused-ring (bicyclic) bond motifs is 3. The number of pyridine rings is 1. The summed E-state index contributed by atoms with van der Waals surface area (Å²) in [6, 6.07) is 17.8. The van der Waals surface area contributed by atoms with Gasteiger partial charge in [0.25, 0.3) is 5.69 Å². The van der Waals surface area contributed by atoms with Crippen molar-refractivity contribution >= 4 is 21.7 Å². The molecule has 2 aliphatic rings. The molecule has 0 saturated heterocycles. The summed E-state index contributed by atoms with van der Waals surface area (Å²) in [5.74, 6) is 2.79. The lowest BCUT2D eigenvalue weighted by Crippen LogP contribution is -2.34. The minimum Gasteiger partial charge on any atom is -0.450 e. The maximum absolute atomic E-state index is 6.54. The standard InChI is InChI=1S/C28H28NO/c1-17-14-21-11-7-13-24-27(21)26(18(17)2)28-25(30-24)16-22-20(15-19-8-4-5-9-19)10-6-12-23(22)29(28)3/h6-7,10-14,16,19H,4-5,8-9,15H2,1-3H3/q+1. The fraction of sp³-hybridized carbons (Fsp3) is 0.321. The van der Waals surface area contributed by atoms with Crippen molar-refractivity contribution in [1.82, 2.24) is 0 Å². The predicted molar refractivity (Wildman–Crippen MR) is 123 cm³/mol. The van der Waals surface area contributed by atoms with Crippen molar-refractivity contribution in [1.29, 1.82) is 0 Å². The number of rotatable bonds is 2. The summed E-state index contributed by atoms with van der Waals surface area (Å²) >= 11 is 0. The third kappa shape index (κ3) is 2.52. The Morgan fingerprint density at radius 3 is 2.60 bits per heavy atom. The maximum Gasteiger partial charge on any atom is 0.256 e. The van der Waals surface area contributed by atoms with Gasteiger partial charge in [0.2, 0.25) is 5.52 Å².